The van der Waals surface area contributed by atoms with Crippen LogP contribution in [0.1, 0.15) is 43.8 Å². The molecule has 0 aromatic carbocycles. The average Bonchev–Trinajstić information content (AvgIpc) is 2.90. The Morgan fingerprint density at radius 1 is 1.33 bits per heavy atom. The van der Waals surface area contributed by atoms with Crippen LogP contribution in [0.15, 0.2) is 4.52 Å². The van der Waals surface area contributed by atoms with Crippen molar-refractivity contribution in [2.45, 2.75) is 45.1 Å². The fourth-order valence-corrected chi connectivity index (χ4v) is 4.10. The van der Waals surface area contributed by atoms with Crippen molar-refractivity contribution >= 4 is 5.91 Å². The SMILES string of the molecule is CC(=O)N1CC(c2nc(C)no2)C2(C1)CN(C1CCC1)C2. The molecule has 1 amide bonds. The van der Waals surface area contributed by atoms with Crippen LogP contribution in [-0.2, 0) is 4.79 Å². The second-order valence-electron chi connectivity index (χ2n) is 6.98. The Hall–Kier alpha value is -1.43. The van der Waals surface area contributed by atoms with Gasteiger partial charge in [-0.2, -0.15) is 4.98 Å². The van der Waals surface area contributed by atoms with E-state index in [4.69, 9.17) is 4.52 Å². The third-order valence-electron chi connectivity index (χ3n) is 5.56. The molecule has 1 atom stereocenters. The minimum absolute atomic E-state index is 0.125. The van der Waals surface area contributed by atoms with Crippen LogP contribution in [0.2, 0.25) is 0 Å². The molecule has 2 aliphatic heterocycles. The zero-order valence-corrected chi connectivity index (χ0v) is 12.7. The predicted octanol–water partition coefficient (Wildman–Crippen LogP) is 1.18. The molecule has 0 radical (unpaired) electrons. The van der Waals surface area contributed by atoms with E-state index < -0.39 is 0 Å². The van der Waals surface area contributed by atoms with E-state index in [1.165, 1.54) is 19.3 Å². The number of carbonyl (C=O) groups excluding carboxylic acids is 1. The van der Waals surface area contributed by atoms with Crippen LogP contribution in [0.4, 0.5) is 0 Å². The summed E-state index contributed by atoms with van der Waals surface area (Å²) in [6.07, 6.45) is 4.02. The van der Waals surface area contributed by atoms with Crippen LogP contribution in [0.25, 0.3) is 0 Å². The van der Waals surface area contributed by atoms with Crippen LogP contribution in [0.3, 0.4) is 0 Å². The summed E-state index contributed by atoms with van der Waals surface area (Å²) in [6.45, 7) is 7.17. The lowest BCUT2D eigenvalue weighted by Gasteiger charge is -2.55. The number of rotatable bonds is 2. The van der Waals surface area contributed by atoms with Gasteiger partial charge in [-0.15, -0.1) is 0 Å². The van der Waals surface area contributed by atoms with Crippen LogP contribution in [0, 0.1) is 12.3 Å². The van der Waals surface area contributed by atoms with Gasteiger partial charge in [0.25, 0.3) is 0 Å². The van der Waals surface area contributed by atoms with Gasteiger partial charge in [-0.25, -0.2) is 0 Å². The van der Waals surface area contributed by atoms with Gasteiger partial charge in [-0.1, -0.05) is 11.6 Å². The van der Waals surface area contributed by atoms with E-state index >= 15 is 0 Å². The quantitative estimate of drug-likeness (QED) is 0.818. The van der Waals surface area contributed by atoms with Gasteiger partial charge in [0, 0.05) is 44.6 Å². The zero-order valence-electron chi connectivity index (χ0n) is 12.7. The van der Waals surface area contributed by atoms with Crippen molar-refractivity contribution in [1.29, 1.82) is 0 Å². The third kappa shape index (κ3) is 1.99. The Labute approximate surface area is 124 Å². The normalized spacial score (nSPS) is 28.7. The minimum atomic E-state index is 0.125. The molecule has 1 spiro atoms. The lowest BCUT2D eigenvalue weighted by molar-refractivity contribution is -0.129. The number of aryl methyl sites for hydroxylation is 1. The number of carbonyl (C=O) groups is 1. The first-order valence-electron chi connectivity index (χ1n) is 7.87. The predicted molar refractivity (Wildman–Crippen MR) is 75.7 cm³/mol. The summed E-state index contributed by atoms with van der Waals surface area (Å²) in [5.41, 5.74) is 0.125. The summed E-state index contributed by atoms with van der Waals surface area (Å²) in [4.78, 5) is 20.7. The molecule has 0 N–H and O–H groups in total. The number of likely N-dealkylation sites (tertiary alicyclic amines) is 2. The van der Waals surface area contributed by atoms with E-state index in [2.05, 4.69) is 15.0 Å². The van der Waals surface area contributed by atoms with E-state index in [0.717, 1.165) is 32.2 Å². The Kier molecular flexibility index (Phi) is 2.86. The summed E-state index contributed by atoms with van der Waals surface area (Å²) in [5.74, 6) is 1.73. The molecule has 1 unspecified atom stereocenters. The molecule has 1 aliphatic carbocycles. The average molecular weight is 290 g/mol. The van der Waals surface area contributed by atoms with Crippen molar-refractivity contribution in [3.63, 3.8) is 0 Å². The first-order chi connectivity index (χ1) is 10.1. The lowest BCUT2D eigenvalue weighted by atomic mass is 9.69. The third-order valence-corrected chi connectivity index (χ3v) is 5.56. The smallest absolute Gasteiger partial charge is 0.232 e. The van der Waals surface area contributed by atoms with Crippen molar-refractivity contribution in [3.05, 3.63) is 11.7 Å². The molecular weight excluding hydrogens is 268 g/mol. The fourth-order valence-electron chi connectivity index (χ4n) is 4.10. The Morgan fingerprint density at radius 2 is 2.10 bits per heavy atom. The fraction of sp³-hybridized carbons (Fsp3) is 0.800. The van der Waals surface area contributed by atoms with Crippen molar-refractivity contribution in [2.24, 2.45) is 5.41 Å². The lowest BCUT2D eigenvalue weighted by Crippen LogP contribution is -2.64. The maximum Gasteiger partial charge on any atom is 0.232 e. The van der Waals surface area contributed by atoms with Gasteiger partial charge >= 0.3 is 0 Å². The summed E-state index contributed by atoms with van der Waals surface area (Å²) < 4.78 is 5.43. The Balaban J connectivity index is 1.56. The first kappa shape index (κ1) is 13.2. The van der Waals surface area contributed by atoms with E-state index in [0.29, 0.717) is 11.7 Å². The zero-order chi connectivity index (χ0) is 14.6. The molecule has 1 aromatic rings. The number of aromatic nitrogens is 2. The first-order valence-corrected chi connectivity index (χ1v) is 7.87. The van der Waals surface area contributed by atoms with E-state index in [1.807, 2.05) is 11.8 Å². The van der Waals surface area contributed by atoms with Crippen LogP contribution < -0.4 is 0 Å². The second-order valence-corrected chi connectivity index (χ2v) is 6.98. The van der Waals surface area contributed by atoms with Crippen LogP contribution >= 0.6 is 0 Å². The van der Waals surface area contributed by atoms with E-state index in [9.17, 15) is 4.79 Å². The second kappa shape index (κ2) is 4.53. The highest BCUT2D eigenvalue weighted by Crippen LogP contribution is 2.50. The highest BCUT2D eigenvalue weighted by molar-refractivity contribution is 5.74. The molecule has 1 saturated carbocycles. The largest absolute Gasteiger partial charge is 0.341 e. The maximum atomic E-state index is 11.8. The minimum Gasteiger partial charge on any atom is -0.341 e. The molecule has 2 saturated heterocycles. The molecule has 21 heavy (non-hydrogen) atoms. The molecule has 4 rings (SSSR count). The van der Waals surface area contributed by atoms with Gasteiger partial charge in [-0.3, -0.25) is 9.69 Å². The Morgan fingerprint density at radius 3 is 2.62 bits per heavy atom. The number of nitrogens with zero attached hydrogens (tertiary/aromatic N) is 4. The summed E-state index contributed by atoms with van der Waals surface area (Å²) in [6, 6.07) is 0.770. The summed E-state index contributed by atoms with van der Waals surface area (Å²) in [5, 5.41) is 3.93. The van der Waals surface area contributed by atoms with Crippen molar-refractivity contribution in [1.82, 2.24) is 19.9 Å². The van der Waals surface area contributed by atoms with E-state index in [-0.39, 0.29) is 17.2 Å². The number of hydrogen-bond acceptors (Lipinski definition) is 5. The Bertz CT molecular complexity index is 560. The molecule has 6 nitrogen and oxygen atoms in total. The maximum absolute atomic E-state index is 11.8. The monoisotopic (exact) mass is 290 g/mol. The highest BCUT2D eigenvalue weighted by atomic mass is 16.5. The topological polar surface area (TPSA) is 62.5 Å². The molecule has 3 heterocycles. The molecular formula is C15H22N4O2. The van der Waals surface area contributed by atoms with E-state index in [1.54, 1.807) is 6.92 Å². The molecule has 1 aromatic heterocycles. The molecule has 0 bridgehead atoms. The van der Waals surface area contributed by atoms with Gasteiger partial charge in [0.1, 0.15) is 0 Å². The van der Waals surface area contributed by atoms with Crippen molar-refractivity contribution in [3.8, 4) is 0 Å². The highest BCUT2D eigenvalue weighted by Gasteiger charge is 2.58. The molecule has 3 fully saturated rings. The van der Waals surface area contributed by atoms with Gasteiger partial charge in [0.2, 0.25) is 11.8 Å². The molecule has 6 heteroatoms. The molecule has 114 valence electrons. The van der Waals surface area contributed by atoms with Crippen molar-refractivity contribution in [2.75, 3.05) is 26.2 Å². The molecule has 3 aliphatic rings. The summed E-state index contributed by atoms with van der Waals surface area (Å²) >= 11 is 0. The number of hydrogen-bond donors (Lipinski definition) is 0. The van der Waals surface area contributed by atoms with Crippen molar-refractivity contribution < 1.29 is 9.32 Å². The van der Waals surface area contributed by atoms with Gasteiger partial charge in [0.15, 0.2) is 5.82 Å². The van der Waals surface area contributed by atoms with Crippen LogP contribution in [-0.4, -0.2) is 58.1 Å². The van der Waals surface area contributed by atoms with Gasteiger partial charge in [-0.05, 0) is 19.8 Å². The number of amides is 1. The van der Waals surface area contributed by atoms with Crippen LogP contribution in [0.5, 0.6) is 0 Å². The summed E-state index contributed by atoms with van der Waals surface area (Å²) in [7, 11) is 0. The standard InChI is InChI=1S/C15H22N4O2/c1-10-16-14(21-17-10)13-6-18(11(2)20)7-15(13)8-19(9-15)12-4-3-5-12/h12-13H,3-9H2,1-2H3. The van der Waals surface area contributed by atoms with Gasteiger partial charge < -0.3 is 9.42 Å². The van der Waals surface area contributed by atoms with Gasteiger partial charge in [0.05, 0.1) is 5.92 Å².